The van der Waals surface area contributed by atoms with Crippen molar-refractivity contribution in [3.8, 4) is 0 Å². The van der Waals surface area contributed by atoms with Crippen molar-refractivity contribution in [1.82, 2.24) is 4.98 Å². The SMILES string of the molecule is CC(=O)C(c1cocn1)(C1CCCCC1)[N+](=O)[O-]. The molecule has 2 rings (SSSR count). The highest BCUT2D eigenvalue weighted by Crippen LogP contribution is 2.41. The van der Waals surface area contributed by atoms with Gasteiger partial charge in [0, 0.05) is 17.8 Å². The molecule has 1 unspecified atom stereocenters. The topological polar surface area (TPSA) is 86.2 Å². The molecule has 1 atom stereocenters. The van der Waals surface area contributed by atoms with Gasteiger partial charge in [-0.25, -0.2) is 4.98 Å². The fourth-order valence-corrected chi connectivity index (χ4v) is 2.97. The van der Waals surface area contributed by atoms with Gasteiger partial charge in [-0.2, -0.15) is 0 Å². The van der Waals surface area contributed by atoms with Crippen molar-refractivity contribution in [2.24, 2.45) is 5.92 Å². The zero-order valence-electron chi connectivity index (χ0n) is 10.3. The third-order valence-electron chi connectivity index (χ3n) is 3.84. The van der Waals surface area contributed by atoms with E-state index in [9.17, 15) is 14.9 Å². The lowest BCUT2D eigenvalue weighted by Crippen LogP contribution is -2.49. The molecule has 98 valence electrons. The van der Waals surface area contributed by atoms with E-state index in [2.05, 4.69) is 4.98 Å². The number of rotatable bonds is 4. The lowest BCUT2D eigenvalue weighted by Gasteiger charge is -2.31. The molecule has 0 saturated heterocycles. The molecule has 0 radical (unpaired) electrons. The molecular weight excluding hydrogens is 236 g/mol. The summed E-state index contributed by atoms with van der Waals surface area (Å²) in [6.07, 6.45) is 6.65. The van der Waals surface area contributed by atoms with E-state index in [1.54, 1.807) is 0 Å². The standard InChI is InChI=1S/C12H16N2O4/c1-9(15)12(14(16)17,11-7-18-8-13-11)10-5-3-2-4-6-10/h7-8,10H,2-6H2,1H3. The maximum atomic E-state index is 12.0. The fraction of sp³-hybridized carbons (Fsp3) is 0.667. The third-order valence-corrected chi connectivity index (χ3v) is 3.84. The average Bonchev–Trinajstić information content (AvgIpc) is 2.84. The Morgan fingerprint density at radius 1 is 1.50 bits per heavy atom. The Morgan fingerprint density at radius 2 is 2.17 bits per heavy atom. The van der Waals surface area contributed by atoms with Crippen LogP contribution in [0.5, 0.6) is 0 Å². The predicted molar refractivity (Wildman–Crippen MR) is 62.4 cm³/mol. The summed E-state index contributed by atoms with van der Waals surface area (Å²) in [6.45, 7) is 1.27. The molecule has 6 heteroatoms. The number of ketones is 1. The second-order valence-corrected chi connectivity index (χ2v) is 4.79. The quantitative estimate of drug-likeness (QED) is 0.606. The number of nitro groups is 1. The first-order chi connectivity index (χ1) is 8.60. The van der Waals surface area contributed by atoms with Crippen molar-refractivity contribution in [3.05, 3.63) is 28.5 Å². The van der Waals surface area contributed by atoms with Crippen LogP contribution in [0, 0.1) is 16.0 Å². The Kier molecular flexibility index (Phi) is 3.45. The van der Waals surface area contributed by atoms with E-state index in [1.165, 1.54) is 13.2 Å². The molecule has 0 amide bonds. The molecule has 0 aromatic carbocycles. The molecule has 0 spiro atoms. The summed E-state index contributed by atoms with van der Waals surface area (Å²) < 4.78 is 4.84. The first-order valence-corrected chi connectivity index (χ1v) is 6.14. The van der Waals surface area contributed by atoms with Crippen LogP contribution in [0.15, 0.2) is 17.1 Å². The number of Topliss-reactive ketones (excluding diaryl/α,β-unsaturated/α-hetero) is 1. The molecule has 1 aromatic rings. The van der Waals surface area contributed by atoms with Crippen LogP contribution in [0.3, 0.4) is 0 Å². The molecule has 1 aromatic heterocycles. The minimum atomic E-state index is -1.73. The highest BCUT2D eigenvalue weighted by atomic mass is 16.6. The Hall–Kier alpha value is -1.72. The Morgan fingerprint density at radius 3 is 2.61 bits per heavy atom. The molecule has 1 fully saturated rings. The molecule has 1 aliphatic carbocycles. The van der Waals surface area contributed by atoms with Crippen LogP contribution in [-0.2, 0) is 10.3 Å². The van der Waals surface area contributed by atoms with Gasteiger partial charge in [-0.15, -0.1) is 0 Å². The number of aromatic nitrogens is 1. The van der Waals surface area contributed by atoms with Crippen LogP contribution in [0.2, 0.25) is 0 Å². The van der Waals surface area contributed by atoms with Crippen LogP contribution in [-0.4, -0.2) is 15.7 Å². The largest absolute Gasteiger partial charge is 0.451 e. The smallest absolute Gasteiger partial charge is 0.326 e. The van der Waals surface area contributed by atoms with Gasteiger partial charge in [0.15, 0.2) is 12.1 Å². The van der Waals surface area contributed by atoms with E-state index in [0.29, 0.717) is 12.8 Å². The van der Waals surface area contributed by atoms with Gasteiger partial charge in [0.25, 0.3) is 0 Å². The van der Waals surface area contributed by atoms with Crippen molar-refractivity contribution >= 4 is 5.78 Å². The van der Waals surface area contributed by atoms with E-state index >= 15 is 0 Å². The molecule has 1 heterocycles. The van der Waals surface area contributed by atoms with Gasteiger partial charge in [0.2, 0.25) is 5.78 Å². The maximum Gasteiger partial charge on any atom is 0.326 e. The number of hydrogen-bond donors (Lipinski definition) is 0. The predicted octanol–water partition coefficient (Wildman–Crippen LogP) is 2.32. The molecule has 0 N–H and O–H groups in total. The minimum Gasteiger partial charge on any atom is -0.451 e. The third kappa shape index (κ3) is 1.81. The van der Waals surface area contributed by atoms with Gasteiger partial charge >= 0.3 is 5.54 Å². The van der Waals surface area contributed by atoms with Crippen LogP contribution >= 0.6 is 0 Å². The van der Waals surface area contributed by atoms with Gasteiger partial charge in [0.05, 0.1) is 0 Å². The lowest BCUT2D eigenvalue weighted by atomic mass is 9.71. The Balaban J connectivity index is 2.49. The zero-order valence-corrected chi connectivity index (χ0v) is 10.3. The number of nitrogens with zero attached hydrogens (tertiary/aromatic N) is 2. The van der Waals surface area contributed by atoms with E-state index in [4.69, 9.17) is 4.42 Å². The summed E-state index contributed by atoms with van der Waals surface area (Å²) in [7, 11) is 0. The van der Waals surface area contributed by atoms with Gasteiger partial charge in [-0.3, -0.25) is 14.9 Å². The van der Waals surface area contributed by atoms with Crippen molar-refractivity contribution in [3.63, 3.8) is 0 Å². The van der Waals surface area contributed by atoms with Gasteiger partial charge in [-0.05, 0) is 12.8 Å². The first-order valence-electron chi connectivity index (χ1n) is 6.14. The van der Waals surface area contributed by atoms with Crippen molar-refractivity contribution in [2.75, 3.05) is 0 Å². The summed E-state index contributed by atoms with van der Waals surface area (Å²) in [5, 5.41) is 11.6. The second-order valence-electron chi connectivity index (χ2n) is 4.79. The number of hydrogen-bond acceptors (Lipinski definition) is 5. The molecule has 0 aliphatic heterocycles. The van der Waals surface area contributed by atoms with Crippen LogP contribution in [0.1, 0.15) is 44.7 Å². The maximum absolute atomic E-state index is 12.0. The van der Waals surface area contributed by atoms with E-state index in [0.717, 1.165) is 25.7 Å². The van der Waals surface area contributed by atoms with Gasteiger partial charge in [-0.1, -0.05) is 19.3 Å². The molecule has 1 aliphatic rings. The van der Waals surface area contributed by atoms with Crippen molar-refractivity contribution in [1.29, 1.82) is 0 Å². The number of carbonyl (C=O) groups excluding carboxylic acids is 1. The van der Waals surface area contributed by atoms with Crippen LogP contribution < -0.4 is 0 Å². The average molecular weight is 252 g/mol. The fourth-order valence-electron chi connectivity index (χ4n) is 2.97. The Labute approximate surface area is 105 Å². The summed E-state index contributed by atoms with van der Waals surface area (Å²) in [5.74, 6) is -0.753. The first kappa shape index (κ1) is 12.7. The zero-order chi connectivity index (χ0) is 13.2. The monoisotopic (exact) mass is 252 g/mol. The van der Waals surface area contributed by atoms with Crippen LogP contribution in [0.4, 0.5) is 0 Å². The normalized spacial score (nSPS) is 20.3. The summed E-state index contributed by atoms with van der Waals surface area (Å²) in [4.78, 5) is 26.9. The minimum absolute atomic E-state index is 0.131. The van der Waals surface area contributed by atoms with E-state index in [1.807, 2.05) is 0 Å². The van der Waals surface area contributed by atoms with Crippen molar-refractivity contribution < 1.29 is 14.1 Å². The van der Waals surface area contributed by atoms with Gasteiger partial charge < -0.3 is 4.42 Å². The van der Waals surface area contributed by atoms with Crippen LogP contribution in [0.25, 0.3) is 0 Å². The molecular formula is C12H16N2O4. The van der Waals surface area contributed by atoms with Gasteiger partial charge in [0.1, 0.15) is 6.26 Å². The van der Waals surface area contributed by atoms with E-state index < -0.39 is 16.2 Å². The lowest BCUT2D eigenvalue weighted by molar-refractivity contribution is -0.573. The second kappa shape index (κ2) is 4.88. The molecule has 6 nitrogen and oxygen atoms in total. The summed E-state index contributed by atoms with van der Waals surface area (Å²) >= 11 is 0. The number of oxazole rings is 1. The molecule has 1 saturated carbocycles. The molecule has 0 bridgehead atoms. The Bertz CT molecular complexity index is 421. The molecule has 18 heavy (non-hydrogen) atoms. The summed E-state index contributed by atoms with van der Waals surface area (Å²) in [5.41, 5.74) is -1.60. The highest BCUT2D eigenvalue weighted by molar-refractivity contribution is 5.85. The van der Waals surface area contributed by atoms with Crippen molar-refractivity contribution in [2.45, 2.75) is 44.6 Å². The summed E-state index contributed by atoms with van der Waals surface area (Å²) in [6, 6.07) is 0. The highest BCUT2D eigenvalue weighted by Gasteiger charge is 2.58. The van der Waals surface area contributed by atoms with E-state index in [-0.39, 0.29) is 11.6 Å². The number of carbonyl (C=O) groups is 1.